The molecule has 1 heteroatoms. The highest BCUT2D eigenvalue weighted by Gasteiger charge is 2.20. The Morgan fingerprint density at radius 2 is 2.18 bits per heavy atom. The first-order valence-corrected chi connectivity index (χ1v) is 4.93. The van der Waals surface area contributed by atoms with Crippen LogP contribution in [0.25, 0.3) is 0 Å². The molecule has 1 aliphatic heterocycles. The molecule has 1 rings (SSSR count). The molecule has 0 radical (unpaired) electrons. The molecule has 0 aromatic carbocycles. The fourth-order valence-corrected chi connectivity index (χ4v) is 2.04. The number of nitrogens with one attached hydrogen (secondary N) is 1. The Bertz CT molecular complexity index is 109. The monoisotopic (exact) mass is 155 g/mol. The number of piperidine rings is 1. The normalized spacial score (nSPS) is 32.7. The Morgan fingerprint density at radius 3 is 2.73 bits per heavy atom. The third-order valence-corrected chi connectivity index (χ3v) is 2.70. The lowest BCUT2D eigenvalue weighted by Gasteiger charge is -2.31. The Morgan fingerprint density at radius 1 is 1.45 bits per heavy atom. The molecular formula is C10H21N. The average Bonchev–Trinajstić information content (AvgIpc) is 1.93. The van der Waals surface area contributed by atoms with Gasteiger partial charge in [-0.25, -0.2) is 0 Å². The van der Waals surface area contributed by atoms with Crippen LogP contribution in [-0.2, 0) is 0 Å². The van der Waals surface area contributed by atoms with Gasteiger partial charge < -0.3 is 5.32 Å². The standard InChI is InChI=1S/C10H21N/c1-8(2)7-10-5-4-6-11-9(10)3/h8-11H,4-7H2,1-3H3. The van der Waals surface area contributed by atoms with Gasteiger partial charge in [-0.05, 0) is 44.6 Å². The van der Waals surface area contributed by atoms with Crippen molar-refractivity contribution in [3.63, 3.8) is 0 Å². The quantitative estimate of drug-likeness (QED) is 0.645. The van der Waals surface area contributed by atoms with Gasteiger partial charge in [0.2, 0.25) is 0 Å². The van der Waals surface area contributed by atoms with Crippen molar-refractivity contribution in [1.82, 2.24) is 5.32 Å². The van der Waals surface area contributed by atoms with Crippen LogP contribution in [0.3, 0.4) is 0 Å². The van der Waals surface area contributed by atoms with Gasteiger partial charge in [-0.2, -0.15) is 0 Å². The fraction of sp³-hybridized carbons (Fsp3) is 1.00. The summed E-state index contributed by atoms with van der Waals surface area (Å²) in [5.41, 5.74) is 0. The minimum absolute atomic E-state index is 0.756. The van der Waals surface area contributed by atoms with Gasteiger partial charge in [0, 0.05) is 6.04 Å². The summed E-state index contributed by atoms with van der Waals surface area (Å²) in [4.78, 5) is 0. The molecule has 1 saturated heterocycles. The van der Waals surface area contributed by atoms with Crippen LogP contribution in [0.15, 0.2) is 0 Å². The molecule has 0 aromatic rings. The molecular weight excluding hydrogens is 134 g/mol. The zero-order chi connectivity index (χ0) is 8.27. The Hall–Kier alpha value is -0.0400. The topological polar surface area (TPSA) is 12.0 Å². The van der Waals surface area contributed by atoms with Gasteiger partial charge in [-0.15, -0.1) is 0 Å². The van der Waals surface area contributed by atoms with Crippen LogP contribution in [0.5, 0.6) is 0 Å². The van der Waals surface area contributed by atoms with Gasteiger partial charge >= 0.3 is 0 Å². The zero-order valence-electron chi connectivity index (χ0n) is 8.06. The number of rotatable bonds is 2. The van der Waals surface area contributed by atoms with Crippen LogP contribution in [0, 0.1) is 11.8 Å². The zero-order valence-corrected chi connectivity index (χ0v) is 8.06. The summed E-state index contributed by atoms with van der Waals surface area (Å²) in [5, 5.41) is 3.54. The third kappa shape index (κ3) is 2.82. The molecule has 11 heavy (non-hydrogen) atoms. The van der Waals surface area contributed by atoms with Crippen molar-refractivity contribution < 1.29 is 0 Å². The molecule has 1 aliphatic rings. The summed E-state index contributed by atoms with van der Waals surface area (Å²) >= 11 is 0. The van der Waals surface area contributed by atoms with Crippen LogP contribution in [-0.4, -0.2) is 12.6 Å². The molecule has 0 amide bonds. The van der Waals surface area contributed by atoms with Gasteiger partial charge in [-0.1, -0.05) is 13.8 Å². The lowest BCUT2D eigenvalue weighted by Crippen LogP contribution is -2.39. The summed E-state index contributed by atoms with van der Waals surface area (Å²) in [5.74, 6) is 1.80. The van der Waals surface area contributed by atoms with E-state index in [1.54, 1.807) is 0 Å². The van der Waals surface area contributed by atoms with E-state index in [1.807, 2.05) is 0 Å². The van der Waals surface area contributed by atoms with E-state index in [-0.39, 0.29) is 0 Å². The van der Waals surface area contributed by atoms with Gasteiger partial charge in [0.05, 0.1) is 0 Å². The molecule has 0 spiro atoms. The molecule has 1 heterocycles. The lowest BCUT2D eigenvalue weighted by atomic mass is 9.85. The van der Waals surface area contributed by atoms with Crippen molar-refractivity contribution in [2.45, 2.75) is 46.1 Å². The fourth-order valence-electron chi connectivity index (χ4n) is 2.04. The molecule has 1 N–H and O–H groups in total. The minimum atomic E-state index is 0.756. The van der Waals surface area contributed by atoms with Crippen LogP contribution in [0.1, 0.15) is 40.0 Å². The molecule has 0 bridgehead atoms. The van der Waals surface area contributed by atoms with Crippen molar-refractivity contribution in [2.24, 2.45) is 11.8 Å². The molecule has 1 nitrogen and oxygen atoms in total. The first kappa shape index (κ1) is 9.05. The second-order valence-corrected chi connectivity index (χ2v) is 4.27. The molecule has 66 valence electrons. The first-order valence-electron chi connectivity index (χ1n) is 4.93. The van der Waals surface area contributed by atoms with E-state index >= 15 is 0 Å². The lowest BCUT2D eigenvalue weighted by molar-refractivity contribution is 0.256. The summed E-state index contributed by atoms with van der Waals surface area (Å²) in [6.45, 7) is 8.20. The van der Waals surface area contributed by atoms with E-state index in [9.17, 15) is 0 Å². The van der Waals surface area contributed by atoms with Crippen LogP contribution in [0.2, 0.25) is 0 Å². The highest BCUT2D eigenvalue weighted by molar-refractivity contribution is 4.77. The Balaban J connectivity index is 2.29. The summed E-state index contributed by atoms with van der Waals surface area (Å²) in [6.07, 6.45) is 4.21. The Labute approximate surface area is 70.6 Å². The smallest absolute Gasteiger partial charge is 0.00671 e. The first-order chi connectivity index (χ1) is 5.20. The largest absolute Gasteiger partial charge is 0.314 e. The molecule has 0 saturated carbocycles. The van der Waals surface area contributed by atoms with E-state index in [2.05, 4.69) is 26.1 Å². The van der Waals surface area contributed by atoms with E-state index in [0.29, 0.717) is 0 Å². The van der Waals surface area contributed by atoms with Crippen molar-refractivity contribution in [1.29, 1.82) is 0 Å². The van der Waals surface area contributed by atoms with E-state index < -0.39 is 0 Å². The van der Waals surface area contributed by atoms with E-state index in [1.165, 1.54) is 25.8 Å². The maximum atomic E-state index is 3.54. The van der Waals surface area contributed by atoms with E-state index in [4.69, 9.17) is 0 Å². The Kier molecular flexibility index (Phi) is 3.38. The van der Waals surface area contributed by atoms with E-state index in [0.717, 1.165) is 17.9 Å². The number of hydrogen-bond acceptors (Lipinski definition) is 1. The molecule has 2 unspecified atom stereocenters. The minimum Gasteiger partial charge on any atom is -0.314 e. The second-order valence-electron chi connectivity index (χ2n) is 4.27. The van der Waals surface area contributed by atoms with Gasteiger partial charge in [-0.3, -0.25) is 0 Å². The van der Waals surface area contributed by atoms with Crippen molar-refractivity contribution in [3.8, 4) is 0 Å². The summed E-state index contributed by atoms with van der Waals surface area (Å²) in [6, 6.07) is 0.756. The van der Waals surface area contributed by atoms with Crippen LogP contribution in [0.4, 0.5) is 0 Å². The molecule has 1 fully saturated rings. The molecule has 2 atom stereocenters. The summed E-state index contributed by atoms with van der Waals surface area (Å²) < 4.78 is 0. The van der Waals surface area contributed by atoms with Crippen LogP contribution < -0.4 is 5.32 Å². The van der Waals surface area contributed by atoms with Gasteiger partial charge in [0.25, 0.3) is 0 Å². The van der Waals surface area contributed by atoms with Crippen LogP contribution >= 0.6 is 0 Å². The maximum absolute atomic E-state index is 3.54. The number of hydrogen-bond donors (Lipinski definition) is 1. The average molecular weight is 155 g/mol. The van der Waals surface area contributed by atoms with Crippen molar-refractivity contribution >= 4 is 0 Å². The van der Waals surface area contributed by atoms with Crippen molar-refractivity contribution in [2.75, 3.05) is 6.54 Å². The second kappa shape index (κ2) is 4.10. The highest BCUT2D eigenvalue weighted by Crippen LogP contribution is 2.23. The predicted octanol–water partition coefficient (Wildman–Crippen LogP) is 2.42. The predicted molar refractivity (Wildman–Crippen MR) is 49.6 cm³/mol. The summed E-state index contributed by atoms with van der Waals surface area (Å²) in [7, 11) is 0. The molecule has 0 aliphatic carbocycles. The molecule has 0 aromatic heterocycles. The SMILES string of the molecule is CC(C)CC1CCCNC1C. The third-order valence-electron chi connectivity index (χ3n) is 2.70. The maximum Gasteiger partial charge on any atom is 0.00671 e. The van der Waals surface area contributed by atoms with Gasteiger partial charge in [0.15, 0.2) is 0 Å². The highest BCUT2D eigenvalue weighted by atomic mass is 14.9. The van der Waals surface area contributed by atoms with Crippen molar-refractivity contribution in [3.05, 3.63) is 0 Å². The van der Waals surface area contributed by atoms with Gasteiger partial charge in [0.1, 0.15) is 0 Å².